The van der Waals surface area contributed by atoms with Crippen molar-refractivity contribution in [2.45, 2.75) is 26.8 Å². The minimum atomic E-state index is 0.715. The van der Waals surface area contributed by atoms with Gasteiger partial charge in [-0.05, 0) is 42.5 Å². The van der Waals surface area contributed by atoms with E-state index in [-0.39, 0.29) is 0 Å². The van der Waals surface area contributed by atoms with Gasteiger partial charge in [0.15, 0.2) is 0 Å². The number of anilines is 1. The maximum absolute atomic E-state index is 5.98. The van der Waals surface area contributed by atoms with E-state index in [1.54, 1.807) is 0 Å². The van der Waals surface area contributed by atoms with Crippen LogP contribution in [0.3, 0.4) is 0 Å². The van der Waals surface area contributed by atoms with Crippen molar-refractivity contribution in [1.82, 2.24) is 4.90 Å². The van der Waals surface area contributed by atoms with Gasteiger partial charge in [0.25, 0.3) is 0 Å². The molecule has 0 aromatic heterocycles. The highest BCUT2D eigenvalue weighted by atomic mass is 35.5. The Balaban J connectivity index is 1.98. The summed E-state index contributed by atoms with van der Waals surface area (Å²) in [5.74, 6) is 1.62. The molecule has 3 heteroatoms. The zero-order valence-corrected chi connectivity index (χ0v) is 11.4. The molecule has 2 rings (SSSR count). The highest BCUT2D eigenvalue weighted by molar-refractivity contribution is 6.30. The Morgan fingerprint density at radius 1 is 1.47 bits per heavy atom. The highest BCUT2D eigenvalue weighted by Crippen LogP contribution is 2.26. The molecule has 2 nitrogen and oxygen atoms in total. The van der Waals surface area contributed by atoms with E-state index in [4.69, 9.17) is 17.3 Å². The van der Waals surface area contributed by atoms with Gasteiger partial charge in [0.2, 0.25) is 0 Å². The average molecular weight is 253 g/mol. The molecule has 17 heavy (non-hydrogen) atoms. The van der Waals surface area contributed by atoms with E-state index in [2.05, 4.69) is 18.7 Å². The maximum atomic E-state index is 5.98. The quantitative estimate of drug-likeness (QED) is 0.836. The van der Waals surface area contributed by atoms with Crippen LogP contribution in [0.2, 0.25) is 5.02 Å². The Morgan fingerprint density at radius 3 is 2.82 bits per heavy atom. The van der Waals surface area contributed by atoms with E-state index < -0.39 is 0 Å². The van der Waals surface area contributed by atoms with Crippen molar-refractivity contribution in [1.29, 1.82) is 0 Å². The summed E-state index contributed by atoms with van der Waals surface area (Å²) in [7, 11) is 0. The van der Waals surface area contributed by atoms with Crippen LogP contribution in [0.1, 0.15) is 25.8 Å². The number of hydrogen-bond acceptors (Lipinski definition) is 2. The summed E-state index contributed by atoms with van der Waals surface area (Å²) in [6, 6.07) is 5.80. The second kappa shape index (κ2) is 5.28. The summed E-state index contributed by atoms with van der Waals surface area (Å²) in [4.78, 5) is 2.49. The van der Waals surface area contributed by atoms with Gasteiger partial charge < -0.3 is 5.73 Å². The number of nitrogen functional groups attached to an aromatic ring is 1. The lowest BCUT2D eigenvalue weighted by Crippen LogP contribution is -2.22. The number of nitrogens with zero attached hydrogens (tertiary/aromatic N) is 1. The molecule has 1 unspecified atom stereocenters. The van der Waals surface area contributed by atoms with Crippen LogP contribution >= 0.6 is 11.6 Å². The third kappa shape index (κ3) is 3.14. The van der Waals surface area contributed by atoms with Gasteiger partial charge in [-0.15, -0.1) is 0 Å². The molecule has 0 spiro atoms. The first-order valence-corrected chi connectivity index (χ1v) is 6.70. The van der Waals surface area contributed by atoms with E-state index in [0.717, 1.165) is 24.1 Å². The van der Waals surface area contributed by atoms with Crippen LogP contribution in [0.5, 0.6) is 0 Å². The van der Waals surface area contributed by atoms with Gasteiger partial charge in [0, 0.05) is 23.8 Å². The summed E-state index contributed by atoms with van der Waals surface area (Å²) < 4.78 is 0. The lowest BCUT2D eigenvalue weighted by molar-refractivity contribution is 0.297. The molecule has 0 radical (unpaired) electrons. The van der Waals surface area contributed by atoms with Crippen LogP contribution in [0, 0.1) is 11.8 Å². The van der Waals surface area contributed by atoms with Gasteiger partial charge in [-0.25, -0.2) is 0 Å². The van der Waals surface area contributed by atoms with E-state index in [1.165, 1.54) is 25.1 Å². The van der Waals surface area contributed by atoms with Crippen LogP contribution in [0.4, 0.5) is 5.69 Å². The summed E-state index contributed by atoms with van der Waals surface area (Å²) in [5.41, 5.74) is 7.99. The van der Waals surface area contributed by atoms with Gasteiger partial charge in [0.1, 0.15) is 0 Å². The molecule has 1 aromatic rings. The van der Waals surface area contributed by atoms with Crippen LogP contribution in [0.25, 0.3) is 0 Å². The number of benzene rings is 1. The lowest BCUT2D eigenvalue weighted by atomic mass is 9.95. The predicted octanol–water partition coefficient (Wildman–Crippen LogP) is 3.40. The van der Waals surface area contributed by atoms with Gasteiger partial charge in [-0.1, -0.05) is 31.5 Å². The number of likely N-dealkylation sites (tertiary alicyclic amines) is 1. The standard InChI is InChI=1S/C14H21ClN2/c1-10(2)11-5-6-17(8-11)9-12-3-4-13(15)7-14(12)16/h3-4,7,10-11H,5-6,8-9,16H2,1-2H3. The van der Waals surface area contributed by atoms with Crippen molar-refractivity contribution in [3.63, 3.8) is 0 Å². The number of nitrogens with two attached hydrogens (primary N) is 1. The molecule has 1 aromatic carbocycles. The molecule has 2 N–H and O–H groups in total. The minimum Gasteiger partial charge on any atom is -0.398 e. The highest BCUT2D eigenvalue weighted by Gasteiger charge is 2.24. The SMILES string of the molecule is CC(C)C1CCN(Cc2ccc(Cl)cc2N)C1. The third-order valence-corrected chi connectivity index (χ3v) is 3.99. The van der Waals surface area contributed by atoms with E-state index in [0.29, 0.717) is 5.02 Å². The van der Waals surface area contributed by atoms with Gasteiger partial charge in [-0.2, -0.15) is 0 Å². The van der Waals surface area contributed by atoms with Gasteiger partial charge >= 0.3 is 0 Å². The maximum Gasteiger partial charge on any atom is 0.0426 e. The first-order chi connectivity index (χ1) is 8.06. The second-order valence-corrected chi connectivity index (χ2v) is 5.81. The molecule has 1 aliphatic rings. The first kappa shape index (κ1) is 12.7. The third-order valence-electron chi connectivity index (χ3n) is 3.75. The predicted molar refractivity (Wildman–Crippen MR) is 74.1 cm³/mol. The molecule has 1 heterocycles. The van der Waals surface area contributed by atoms with Crippen molar-refractivity contribution in [2.75, 3.05) is 18.8 Å². The summed E-state index contributed by atoms with van der Waals surface area (Å²) in [6.45, 7) is 7.95. The Labute approximate surface area is 109 Å². The Kier molecular flexibility index (Phi) is 3.95. The van der Waals surface area contributed by atoms with Crippen molar-refractivity contribution in [3.8, 4) is 0 Å². The molecule has 1 saturated heterocycles. The minimum absolute atomic E-state index is 0.715. The van der Waals surface area contributed by atoms with Crippen molar-refractivity contribution >= 4 is 17.3 Å². The Hall–Kier alpha value is -0.730. The molecule has 1 fully saturated rings. The first-order valence-electron chi connectivity index (χ1n) is 6.32. The van der Waals surface area contributed by atoms with Gasteiger partial charge in [0.05, 0.1) is 0 Å². The van der Waals surface area contributed by atoms with E-state index in [1.807, 2.05) is 18.2 Å². The van der Waals surface area contributed by atoms with Crippen LogP contribution in [0.15, 0.2) is 18.2 Å². The van der Waals surface area contributed by atoms with Crippen LogP contribution in [-0.2, 0) is 6.54 Å². The lowest BCUT2D eigenvalue weighted by Gasteiger charge is -2.18. The van der Waals surface area contributed by atoms with Crippen molar-refractivity contribution < 1.29 is 0 Å². The molecule has 0 aliphatic carbocycles. The van der Waals surface area contributed by atoms with Crippen LogP contribution < -0.4 is 5.73 Å². The summed E-state index contributed by atoms with van der Waals surface area (Å²) in [5, 5.41) is 0.715. The average Bonchev–Trinajstić information content (AvgIpc) is 2.71. The van der Waals surface area contributed by atoms with Crippen LogP contribution in [-0.4, -0.2) is 18.0 Å². The molecule has 0 amide bonds. The summed E-state index contributed by atoms with van der Waals surface area (Å²) in [6.07, 6.45) is 1.31. The second-order valence-electron chi connectivity index (χ2n) is 5.37. The molecule has 0 bridgehead atoms. The molecular formula is C14H21ClN2. The number of halogens is 1. The smallest absolute Gasteiger partial charge is 0.0426 e. The molecule has 1 atom stereocenters. The molecular weight excluding hydrogens is 232 g/mol. The molecule has 94 valence electrons. The number of hydrogen-bond donors (Lipinski definition) is 1. The molecule has 1 aliphatic heterocycles. The fourth-order valence-electron chi connectivity index (χ4n) is 2.50. The Morgan fingerprint density at radius 2 is 2.24 bits per heavy atom. The van der Waals surface area contributed by atoms with Crippen molar-refractivity contribution in [3.05, 3.63) is 28.8 Å². The zero-order valence-electron chi connectivity index (χ0n) is 10.6. The fraction of sp³-hybridized carbons (Fsp3) is 0.571. The van der Waals surface area contributed by atoms with Gasteiger partial charge in [-0.3, -0.25) is 4.90 Å². The largest absolute Gasteiger partial charge is 0.398 e. The topological polar surface area (TPSA) is 29.3 Å². The Bertz CT molecular complexity index is 390. The fourth-order valence-corrected chi connectivity index (χ4v) is 2.68. The number of rotatable bonds is 3. The normalized spacial score (nSPS) is 21.3. The summed E-state index contributed by atoms with van der Waals surface area (Å²) >= 11 is 5.90. The molecule has 0 saturated carbocycles. The van der Waals surface area contributed by atoms with Crippen molar-refractivity contribution in [2.24, 2.45) is 11.8 Å². The monoisotopic (exact) mass is 252 g/mol. The van der Waals surface area contributed by atoms with E-state index in [9.17, 15) is 0 Å². The zero-order chi connectivity index (χ0) is 12.4. The van der Waals surface area contributed by atoms with E-state index >= 15 is 0 Å².